The second-order valence-corrected chi connectivity index (χ2v) is 5.16. The molecule has 1 aliphatic carbocycles. The van der Waals surface area contributed by atoms with Gasteiger partial charge in [0.05, 0.1) is 6.61 Å². The van der Waals surface area contributed by atoms with Crippen LogP contribution in [0.2, 0.25) is 0 Å². The third kappa shape index (κ3) is 2.68. The van der Waals surface area contributed by atoms with Gasteiger partial charge in [-0.1, -0.05) is 27.2 Å². The number of hydrogen-bond acceptors (Lipinski definition) is 2. The first kappa shape index (κ1) is 11.0. The lowest BCUT2D eigenvalue weighted by Crippen LogP contribution is -2.53. The monoisotopic (exact) mass is 185 g/mol. The molecule has 0 spiro atoms. The summed E-state index contributed by atoms with van der Waals surface area (Å²) in [5, 5.41) is 12.9. The summed E-state index contributed by atoms with van der Waals surface area (Å²) in [6, 6.07) is 0. The Morgan fingerprint density at radius 3 is 2.46 bits per heavy atom. The van der Waals surface area contributed by atoms with Gasteiger partial charge < -0.3 is 10.4 Å². The molecule has 1 fully saturated rings. The predicted octanol–water partition coefficient (Wildman–Crippen LogP) is 1.93. The quantitative estimate of drug-likeness (QED) is 0.704. The summed E-state index contributed by atoms with van der Waals surface area (Å²) in [4.78, 5) is 0. The molecule has 78 valence electrons. The Morgan fingerprint density at radius 1 is 1.31 bits per heavy atom. The van der Waals surface area contributed by atoms with E-state index < -0.39 is 0 Å². The van der Waals surface area contributed by atoms with Gasteiger partial charge in [0.15, 0.2) is 0 Å². The molecule has 0 aromatic rings. The highest BCUT2D eigenvalue weighted by molar-refractivity contribution is 4.96. The number of aliphatic hydroxyl groups excluding tert-OH is 1. The molecule has 0 aromatic carbocycles. The number of hydrogen-bond donors (Lipinski definition) is 2. The Kier molecular flexibility index (Phi) is 3.36. The molecule has 0 aromatic heterocycles. The van der Waals surface area contributed by atoms with Gasteiger partial charge in [0, 0.05) is 5.54 Å². The summed E-state index contributed by atoms with van der Waals surface area (Å²) in [5.41, 5.74) is 0.402. The molecule has 1 atom stereocenters. The fourth-order valence-electron chi connectivity index (χ4n) is 2.71. The van der Waals surface area contributed by atoms with Crippen LogP contribution in [0.5, 0.6) is 0 Å². The van der Waals surface area contributed by atoms with Crippen LogP contribution in [0, 0.1) is 5.41 Å². The minimum atomic E-state index is 0.0104. The van der Waals surface area contributed by atoms with Crippen LogP contribution in [0.3, 0.4) is 0 Å². The molecule has 2 heteroatoms. The second-order valence-electron chi connectivity index (χ2n) is 5.16. The Hall–Kier alpha value is -0.0800. The van der Waals surface area contributed by atoms with Crippen molar-refractivity contribution in [3.05, 3.63) is 0 Å². The van der Waals surface area contributed by atoms with Crippen molar-refractivity contribution < 1.29 is 5.11 Å². The standard InChI is InChI=1S/C11H23NO/c1-4-12-11(9-13)7-5-6-10(2,3)8-11/h12-13H,4-9H2,1-3H3. The zero-order valence-corrected chi connectivity index (χ0v) is 9.19. The molecule has 0 amide bonds. The van der Waals surface area contributed by atoms with E-state index in [2.05, 4.69) is 26.1 Å². The maximum Gasteiger partial charge on any atom is 0.0613 e. The number of likely N-dealkylation sites (N-methyl/N-ethyl adjacent to an activating group) is 1. The molecule has 0 aliphatic heterocycles. The van der Waals surface area contributed by atoms with Crippen molar-refractivity contribution in [2.24, 2.45) is 5.41 Å². The third-order valence-corrected chi connectivity index (χ3v) is 3.18. The molecule has 13 heavy (non-hydrogen) atoms. The molecule has 0 bridgehead atoms. The molecular formula is C11H23NO. The van der Waals surface area contributed by atoms with Crippen molar-refractivity contribution in [1.82, 2.24) is 5.32 Å². The van der Waals surface area contributed by atoms with E-state index in [1.807, 2.05) is 0 Å². The van der Waals surface area contributed by atoms with Crippen LogP contribution >= 0.6 is 0 Å². The zero-order chi connectivity index (χ0) is 9.95. The molecule has 0 radical (unpaired) electrons. The van der Waals surface area contributed by atoms with E-state index in [-0.39, 0.29) is 12.1 Å². The van der Waals surface area contributed by atoms with Crippen LogP contribution in [0.25, 0.3) is 0 Å². The van der Waals surface area contributed by atoms with Crippen LogP contribution in [-0.4, -0.2) is 23.8 Å². The lowest BCUT2D eigenvalue weighted by molar-refractivity contribution is 0.0640. The largest absolute Gasteiger partial charge is 0.394 e. The zero-order valence-electron chi connectivity index (χ0n) is 9.19. The average molecular weight is 185 g/mol. The lowest BCUT2D eigenvalue weighted by Gasteiger charge is -2.44. The van der Waals surface area contributed by atoms with Crippen molar-refractivity contribution in [1.29, 1.82) is 0 Å². The smallest absolute Gasteiger partial charge is 0.0613 e. The van der Waals surface area contributed by atoms with Gasteiger partial charge in [-0.15, -0.1) is 0 Å². The first-order valence-corrected chi connectivity index (χ1v) is 5.39. The van der Waals surface area contributed by atoms with Gasteiger partial charge in [-0.05, 0) is 31.2 Å². The average Bonchev–Trinajstić information content (AvgIpc) is 2.03. The molecule has 0 heterocycles. The molecule has 2 N–H and O–H groups in total. The molecule has 1 unspecified atom stereocenters. The fraction of sp³-hybridized carbons (Fsp3) is 1.00. The van der Waals surface area contributed by atoms with Gasteiger partial charge in [0.25, 0.3) is 0 Å². The first-order valence-electron chi connectivity index (χ1n) is 5.39. The first-order chi connectivity index (χ1) is 6.04. The van der Waals surface area contributed by atoms with Gasteiger partial charge in [0.1, 0.15) is 0 Å². The highest BCUT2D eigenvalue weighted by atomic mass is 16.3. The van der Waals surface area contributed by atoms with Crippen molar-refractivity contribution in [2.75, 3.05) is 13.2 Å². The van der Waals surface area contributed by atoms with E-state index in [0.29, 0.717) is 5.41 Å². The van der Waals surface area contributed by atoms with Gasteiger partial charge >= 0.3 is 0 Å². The van der Waals surface area contributed by atoms with E-state index in [9.17, 15) is 5.11 Å². The van der Waals surface area contributed by atoms with Crippen molar-refractivity contribution >= 4 is 0 Å². The van der Waals surface area contributed by atoms with E-state index in [0.717, 1.165) is 19.4 Å². The summed E-state index contributed by atoms with van der Waals surface area (Å²) in [7, 11) is 0. The van der Waals surface area contributed by atoms with Crippen molar-refractivity contribution in [2.45, 2.75) is 52.0 Å². The number of nitrogens with one attached hydrogen (secondary N) is 1. The minimum absolute atomic E-state index is 0.0104. The third-order valence-electron chi connectivity index (χ3n) is 3.18. The fourth-order valence-corrected chi connectivity index (χ4v) is 2.71. The Bertz CT molecular complexity index is 163. The van der Waals surface area contributed by atoms with Crippen LogP contribution in [0.15, 0.2) is 0 Å². The van der Waals surface area contributed by atoms with Crippen LogP contribution in [0.4, 0.5) is 0 Å². The summed E-state index contributed by atoms with van der Waals surface area (Å²) in [5.74, 6) is 0. The molecule has 0 saturated heterocycles. The Labute approximate surface area is 81.7 Å². The van der Waals surface area contributed by atoms with Crippen molar-refractivity contribution in [3.8, 4) is 0 Å². The Morgan fingerprint density at radius 2 is 2.00 bits per heavy atom. The van der Waals surface area contributed by atoms with E-state index in [1.165, 1.54) is 12.8 Å². The van der Waals surface area contributed by atoms with Crippen molar-refractivity contribution in [3.63, 3.8) is 0 Å². The Balaban J connectivity index is 2.64. The van der Waals surface area contributed by atoms with Gasteiger partial charge in [-0.3, -0.25) is 0 Å². The topological polar surface area (TPSA) is 32.3 Å². The maximum atomic E-state index is 9.44. The molecule has 1 rings (SSSR count). The van der Waals surface area contributed by atoms with Gasteiger partial charge in [-0.2, -0.15) is 0 Å². The maximum absolute atomic E-state index is 9.44. The van der Waals surface area contributed by atoms with Gasteiger partial charge in [0.2, 0.25) is 0 Å². The number of aliphatic hydroxyl groups is 1. The van der Waals surface area contributed by atoms with Crippen LogP contribution < -0.4 is 5.32 Å². The van der Waals surface area contributed by atoms with Crippen LogP contribution in [-0.2, 0) is 0 Å². The van der Waals surface area contributed by atoms with E-state index in [4.69, 9.17) is 0 Å². The molecule has 2 nitrogen and oxygen atoms in total. The normalized spacial score (nSPS) is 33.2. The molecule has 1 saturated carbocycles. The molecule has 1 aliphatic rings. The summed E-state index contributed by atoms with van der Waals surface area (Å²) in [6.45, 7) is 7.95. The summed E-state index contributed by atoms with van der Waals surface area (Å²) in [6.07, 6.45) is 4.76. The van der Waals surface area contributed by atoms with Crippen LogP contribution in [0.1, 0.15) is 46.5 Å². The second kappa shape index (κ2) is 3.97. The van der Waals surface area contributed by atoms with E-state index >= 15 is 0 Å². The van der Waals surface area contributed by atoms with Gasteiger partial charge in [-0.25, -0.2) is 0 Å². The summed E-state index contributed by atoms with van der Waals surface area (Å²) >= 11 is 0. The minimum Gasteiger partial charge on any atom is -0.394 e. The number of rotatable bonds is 3. The highest BCUT2D eigenvalue weighted by Gasteiger charge is 2.38. The summed E-state index contributed by atoms with van der Waals surface area (Å²) < 4.78 is 0. The molecular weight excluding hydrogens is 162 g/mol. The lowest BCUT2D eigenvalue weighted by atomic mass is 9.68. The van der Waals surface area contributed by atoms with E-state index in [1.54, 1.807) is 0 Å². The predicted molar refractivity (Wildman–Crippen MR) is 55.7 cm³/mol. The SMILES string of the molecule is CCNC1(CO)CCCC(C)(C)C1. The highest BCUT2D eigenvalue weighted by Crippen LogP contribution is 2.40.